The first kappa shape index (κ1) is 23.0. The zero-order valence-corrected chi connectivity index (χ0v) is 19.9. The molecule has 3 heterocycles. The van der Waals surface area contributed by atoms with Crippen molar-refractivity contribution in [2.45, 2.75) is 17.5 Å². The van der Waals surface area contributed by atoms with Crippen molar-refractivity contribution < 1.29 is 13.5 Å². The van der Waals surface area contributed by atoms with E-state index in [4.69, 9.17) is 20.8 Å². The van der Waals surface area contributed by atoms with Gasteiger partial charge in [-0.25, -0.2) is 9.37 Å². The quantitative estimate of drug-likeness (QED) is 0.315. The van der Waals surface area contributed by atoms with Crippen LogP contribution in [0.5, 0.6) is 0 Å². The molecule has 0 spiro atoms. The van der Waals surface area contributed by atoms with E-state index in [1.807, 2.05) is 24.3 Å². The van der Waals surface area contributed by atoms with Gasteiger partial charge in [0.25, 0.3) is 0 Å². The van der Waals surface area contributed by atoms with Gasteiger partial charge >= 0.3 is 0 Å². The normalized spacial score (nSPS) is 14.5. The summed E-state index contributed by atoms with van der Waals surface area (Å²) in [6.45, 7) is 4.86. The zero-order chi connectivity index (χ0) is 23.3. The molecule has 0 atom stereocenters. The van der Waals surface area contributed by atoms with Crippen molar-refractivity contribution in [1.82, 2.24) is 24.6 Å². The molecule has 1 aliphatic heterocycles. The Morgan fingerprint density at radius 3 is 2.59 bits per heavy atom. The Labute approximate surface area is 205 Å². The van der Waals surface area contributed by atoms with Gasteiger partial charge in [0.2, 0.25) is 5.89 Å². The highest BCUT2D eigenvalue weighted by Gasteiger charge is 2.18. The van der Waals surface area contributed by atoms with E-state index in [0.29, 0.717) is 29.0 Å². The van der Waals surface area contributed by atoms with Crippen LogP contribution < -0.4 is 0 Å². The van der Waals surface area contributed by atoms with Gasteiger partial charge in [0.1, 0.15) is 12.1 Å². The topological polar surface area (TPSA) is 69.2 Å². The third-order valence-corrected chi connectivity index (χ3v) is 6.90. The molecule has 7 nitrogen and oxygen atoms in total. The summed E-state index contributed by atoms with van der Waals surface area (Å²) in [6.07, 6.45) is 1.64. The number of thioether (sulfide) groups is 1. The van der Waals surface area contributed by atoms with E-state index in [9.17, 15) is 4.39 Å². The molecule has 4 aromatic rings. The second kappa shape index (κ2) is 10.7. The number of nitrogens with zero attached hydrogens (tertiary/aromatic N) is 5. The summed E-state index contributed by atoms with van der Waals surface area (Å²) in [5.41, 5.74) is 2.36. The van der Waals surface area contributed by atoms with Gasteiger partial charge in [-0.2, -0.15) is 0 Å². The summed E-state index contributed by atoms with van der Waals surface area (Å²) in [6, 6.07) is 13.8. The highest BCUT2D eigenvalue weighted by Crippen LogP contribution is 2.30. The summed E-state index contributed by atoms with van der Waals surface area (Å²) in [4.78, 5) is 6.95. The van der Waals surface area contributed by atoms with Crippen LogP contribution in [0.1, 0.15) is 5.69 Å². The number of morpholine rings is 1. The molecule has 34 heavy (non-hydrogen) atoms. The van der Waals surface area contributed by atoms with Crippen molar-refractivity contribution in [3.8, 4) is 22.8 Å². The minimum Gasteiger partial charge on any atom is -0.444 e. The monoisotopic (exact) mass is 499 g/mol. The van der Waals surface area contributed by atoms with Crippen molar-refractivity contribution in [1.29, 1.82) is 0 Å². The minimum absolute atomic E-state index is 0.280. The SMILES string of the molecule is Fc1ccc(-c2nnc(SCc3coc(-c4ccccc4Cl)n3)n2CCN2CCOCC2)cc1. The van der Waals surface area contributed by atoms with Gasteiger partial charge in [-0.15, -0.1) is 10.2 Å². The largest absolute Gasteiger partial charge is 0.444 e. The van der Waals surface area contributed by atoms with Crippen molar-refractivity contribution in [2.75, 3.05) is 32.8 Å². The zero-order valence-electron chi connectivity index (χ0n) is 18.4. The lowest BCUT2D eigenvalue weighted by molar-refractivity contribution is 0.0361. The van der Waals surface area contributed by atoms with E-state index < -0.39 is 0 Å². The second-order valence-corrected chi connectivity index (χ2v) is 9.18. The third kappa shape index (κ3) is 5.33. The molecular weight excluding hydrogens is 477 g/mol. The standard InChI is InChI=1S/C24H23ClFN5O2S/c25-21-4-2-1-3-20(21)23-27-19(15-33-23)16-34-24-29-28-22(17-5-7-18(26)8-6-17)31(24)10-9-30-11-13-32-14-12-30/h1-8,15H,9-14,16H2. The average Bonchev–Trinajstić information content (AvgIpc) is 3.50. The Hall–Kier alpha value is -2.72. The van der Waals surface area contributed by atoms with Crippen molar-refractivity contribution >= 4 is 23.4 Å². The van der Waals surface area contributed by atoms with Gasteiger partial charge in [-0.05, 0) is 36.4 Å². The number of rotatable bonds is 8. The Balaban J connectivity index is 1.34. The van der Waals surface area contributed by atoms with Crippen LogP contribution in [0.3, 0.4) is 0 Å². The molecule has 0 bridgehead atoms. The van der Waals surface area contributed by atoms with E-state index >= 15 is 0 Å². The molecule has 1 aliphatic rings. The number of aromatic nitrogens is 4. The van der Waals surface area contributed by atoms with Gasteiger partial charge in [0.15, 0.2) is 11.0 Å². The lowest BCUT2D eigenvalue weighted by atomic mass is 10.2. The molecule has 2 aromatic heterocycles. The maximum absolute atomic E-state index is 13.5. The summed E-state index contributed by atoms with van der Waals surface area (Å²) < 4.78 is 26.7. The fourth-order valence-electron chi connectivity index (χ4n) is 3.75. The van der Waals surface area contributed by atoms with Crippen molar-refractivity contribution in [3.05, 3.63) is 71.3 Å². The van der Waals surface area contributed by atoms with E-state index in [0.717, 1.165) is 54.8 Å². The molecule has 2 aromatic carbocycles. The minimum atomic E-state index is -0.280. The maximum Gasteiger partial charge on any atom is 0.227 e. The summed E-state index contributed by atoms with van der Waals surface area (Å²) in [7, 11) is 0. The van der Waals surface area contributed by atoms with Crippen LogP contribution in [0.25, 0.3) is 22.8 Å². The number of oxazole rings is 1. The lowest BCUT2D eigenvalue weighted by Gasteiger charge is -2.27. The smallest absolute Gasteiger partial charge is 0.227 e. The Bertz CT molecular complexity index is 1240. The van der Waals surface area contributed by atoms with E-state index in [2.05, 4.69) is 24.6 Å². The van der Waals surface area contributed by atoms with Gasteiger partial charge in [-0.1, -0.05) is 35.5 Å². The van der Waals surface area contributed by atoms with Gasteiger partial charge in [0.05, 0.1) is 29.5 Å². The first-order valence-corrected chi connectivity index (χ1v) is 12.3. The van der Waals surface area contributed by atoms with Crippen LogP contribution in [0.15, 0.2) is 64.4 Å². The fraction of sp³-hybridized carbons (Fsp3) is 0.292. The van der Waals surface area contributed by atoms with Crippen LogP contribution in [-0.4, -0.2) is 57.5 Å². The van der Waals surface area contributed by atoms with Crippen molar-refractivity contribution in [2.24, 2.45) is 0 Å². The number of hydrogen-bond acceptors (Lipinski definition) is 7. The molecule has 0 amide bonds. The third-order valence-electron chi connectivity index (χ3n) is 5.57. The number of halogens is 2. The fourth-order valence-corrected chi connectivity index (χ4v) is 4.80. The lowest BCUT2D eigenvalue weighted by Crippen LogP contribution is -2.38. The molecule has 10 heteroatoms. The molecule has 5 rings (SSSR count). The molecule has 176 valence electrons. The molecule has 1 fully saturated rings. The highest BCUT2D eigenvalue weighted by molar-refractivity contribution is 7.98. The first-order chi connectivity index (χ1) is 16.7. The summed E-state index contributed by atoms with van der Waals surface area (Å²) in [5, 5.41) is 10.2. The molecular formula is C24H23ClFN5O2S. The number of hydrogen-bond donors (Lipinski definition) is 0. The molecule has 0 N–H and O–H groups in total. The predicted molar refractivity (Wildman–Crippen MR) is 129 cm³/mol. The van der Waals surface area contributed by atoms with E-state index in [1.54, 1.807) is 18.4 Å². The maximum atomic E-state index is 13.5. The second-order valence-electron chi connectivity index (χ2n) is 7.83. The Morgan fingerprint density at radius 2 is 1.79 bits per heavy atom. The van der Waals surface area contributed by atoms with Crippen LogP contribution in [0, 0.1) is 5.82 Å². The van der Waals surface area contributed by atoms with Gasteiger partial charge in [0, 0.05) is 37.5 Å². The van der Waals surface area contributed by atoms with Crippen LogP contribution >= 0.6 is 23.4 Å². The highest BCUT2D eigenvalue weighted by atomic mass is 35.5. The van der Waals surface area contributed by atoms with Crippen LogP contribution in [-0.2, 0) is 17.0 Å². The van der Waals surface area contributed by atoms with Crippen molar-refractivity contribution in [3.63, 3.8) is 0 Å². The number of ether oxygens (including phenoxy) is 1. The molecule has 0 aliphatic carbocycles. The molecule has 0 radical (unpaired) electrons. The van der Waals surface area contributed by atoms with E-state index in [-0.39, 0.29) is 5.82 Å². The van der Waals surface area contributed by atoms with Crippen LogP contribution in [0.2, 0.25) is 5.02 Å². The first-order valence-electron chi connectivity index (χ1n) is 11.0. The Morgan fingerprint density at radius 1 is 1.00 bits per heavy atom. The van der Waals surface area contributed by atoms with Gasteiger partial charge in [-0.3, -0.25) is 4.90 Å². The van der Waals surface area contributed by atoms with E-state index in [1.165, 1.54) is 23.9 Å². The molecule has 0 saturated carbocycles. The molecule has 1 saturated heterocycles. The van der Waals surface area contributed by atoms with Gasteiger partial charge < -0.3 is 13.7 Å². The molecule has 0 unspecified atom stereocenters. The van der Waals surface area contributed by atoms with Crippen LogP contribution in [0.4, 0.5) is 4.39 Å². The summed E-state index contributed by atoms with van der Waals surface area (Å²) >= 11 is 7.80. The summed E-state index contributed by atoms with van der Waals surface area (Å²) in [5.74, 6) is 1.49. The predicted octanol–water partition coefficient (Wildman–Crippen LogP) is 5.02. The number of benzene rings is 2. The Kier molecular flexibility index (Phi) is 7.24. The average molecular weight is 500 g/mol.